The third-order valence-corrected chi connectivity index (χ3v) is 7.28. The van der Waals surface area contributed by atoms with Crippen LogP contribution < -0.4 is 9.47 Å². The first-order valence-electron chi connectivity index (χ1n) is 13.4. The third-order valence-electron chi connectivity index (χ3n) is 7.28. The van der Waals surface area contributed by atoms with Crippen molar-refractivity contribution in [3.05, 3.63) is 82.4 Å². The van der Waals surface area contributed by atoms with Crippen LogP contribution in [0.4, 0.5) is 0 Å². The van der Waals surface area contributed by atoms with Gasteiger partial charge < -0.3 is 18.9 Å². The molecule has 1 aliphatic carbocycles. The van der Waals surface area contributed by atoms with E-state index in [-0.39, 0.29) is 11.9 Å². The van der Waals surface area contributed by atoms with Crippen LogP contribution in [0.25, 0.3) is 11.1 Å². The van der Waals surface area contributed by atoms with Gasteiger partial charge in [-0.3, -0.25) is 4.79 Å². The number of hydrogen-bond donors (Lipinski definition) is 0. The summed E-state index contributed by atoms with van der Waals surface area (Å²) in [5.74, 6) is 2.09. The van der Waals surface area contributed by atoms with Gasteiger partial charge in [-0.05, 0) is 98.0 Å². The summed E-state index contributed by atoms with van der Waals surface area (Å²) in [7, 11) is 0. The van der Waals surface area contributed by atoms with E-state index in [1.807, 2.05) is 13.8 Å². The van der Waals surface area contributed by atoms with Crippen LogP contribution in [-0.4, -0.2) is 32.4 Å². The molecule has 194 valence electrons. The highest BCUT2D eigenvalue weighted by atomic mass is 16.5. The fourth-order valence-corrected chi connectivity index (χ4v) is 5.27. The van der Waals surface area contributed by atoms with Gasteiger partial charge in [0.15, 0.2) is 0 Å². The third kappa shape index (κ3) is 5.83. The number of esters is 1. The molecule has 37 heavy (non-hydrogen) atoms. The van der Waals surface area contributed by atoms with Crippen molar-refractivity contribution < 1.29 is 23.7 Å². The minimum absolute atomic E-state index is 0.0348. The fourth-order valence-electron chi connectivity index (χ4n) is 5.27. The molecule has 3 aromatic carbocycles. The van der Waals surface area contributed by atoms with Crippen LogP contribution in [-0.2, 0) is 33.7 Å². The molecule has 2 aliphatic rings. The zero-order valence-electron chi connectivity index (χ0n) is 22.0. The number of carbonyl (C=O) groups is 1. The fraction of sp³-hybridized carbons (Fsp3) is 0.406. The summed E-state index contributed by atoms with van der Waals surface area (Å²) in [6.07, 6.45) is 2.82. The van der Waals surface area contributed by atoms with Gasteiger partial charge in [0, 0.05) is 17.7 Å². The number of aryl methyl sites for hydroxylation is 3. The molecule has 5 heteroatoms. The molecule has 0 unspecified atom stereocenters. The second kappa shape index (κ2) is 11.4. The first kappa shape index (κ1) is 25.3. The molecule has 0 spiro atoms. The molecule has 5 nitrogen and oxygen atoms in total. The summed E-state index contributed by atoms with van der Waals surface area (Å²) >= 11 is 0. The van der Waals surface area contributed by atoms with Crippen LogP contribution >= 0.6 is 0 Å². The molecule has 0 aromatic heterocycles. The van der Waals surface area contributed by atoms with Crippen LogP contribution in [0, 0.1) is 12.8 Å². The smallest absolute Gasteiger partial charge is 0.309 e. The topological polar surface area (TPSA) is 54.0 Å². The highest BCUT2D eigenvalue weighted by molar-refractivity contribution is 5.79. The largest absolute Gasteiger partial charge is 0.491 e. The minimum atomic E-state index is -0.0601. The number of carbonyl (C=O) groups excluding carboxylic acids is 1. The summed E-state index contributed by atoms with van der Waals surface area (Å²) < 4.78 is 22.6. The Morgan fingerprint density at radius 2 is 1.73 bits per heavy atom. The van der Waals surface area contributed by atoms with Crippen molar-refractivity contribution in [2.45, 2.75) is 52.6 Å². The standard InChI is InChI=1S/C32H36O5/c1-4-34-14-15-36-26-16-21(3)31-25(18-26)20-37-30-13-10-23(17-29(30)31)7-6-22-8-11-24(12-9-22)27-19-28(27)32(33)35-5-2/h8-13,16-18,27-28H,4-7,14-15,19-20H2,1-3H3/t27-,28+/m1/s1. The lowest BCUT2D eigenvalue weighted by molar-refractivity contribution is -0.144. The minimum Gasteiger partial charge on any atom is -0.491 e. The summed E-state index contributed by atoms with van der Waals surface area (Å²) in [6, 6.07) is 19.5. The summed E-state index contributed by atoms with van der Waals surface area (Å²) in [4.78, 5) is 12.0. The Morgan fingerprint density at radius 1 is 0.946 bits per heavy atom. The quantitative estimate of drug-likeness (QED) is 0.225. The van der Waals surface area contributed by atoms with E-state index < -0.39 is 0 Å². The number of hydrogen-bond acceptors (Lipinski definition) is 5. The second-order valence-corrected chi connectivity index (χ2v) is 9.88. The first-order chi connectivity index (χ1) is 18.1. The lowest BCUT2D eigenvalue weighted by atomic mass is 9.90. The van der Waals surface area contributed by atoms with Gasteiger partial charge >= 0.3 is 5.97 Å². The van der Waals surface area contributed by atoms with Crippen molar-refractivity contribution in [1.82, 2.24) is 0 Å². The van der Waals surface area contributed by atoms with Crippen LogP contribution in [0.3, 0.4) is 0 Å². The van der Waals surface area contributed by atoms with Gasteiger partial charge in [-0.15, -0.1) is 0 Å². The van der Waals surface area contributed by atoms with Gasteiger partial charge in [0.25, 0.3) is 0 Å². The zero-order valence-corrected chi connectivity index (χ0v) is 22.0. The maximum atomic E-state index is 12.0. The van der Waals surface area contributed by atoms with E-state index in [0.717, 1.165) is 41.9 Å². The summed E-state index contributed by atoms with van der Waals surface area (Å²) in [5.41, 5.74) is 8.60. The average Bonchev–Trinajstić information content (AvgIpc) is 3.71. The second-order valence-electron chi connectivity index (χ2n) is 9.88. The average molecular weight is 501 g/mol. The maximum Gasteiger partial charge on any atom is 0.309 e. The molecule has 1 saturated carbocycles. The molecule has 0 bridgehead atoms. The molecule has 3 aromatic rings. The van der Waals surface area contributed by atoms with E-state index in [2.05, 4.69) is 61.5 Å². The van der Waals surface area contributed by atoms with Crippen molar-refractivity contribution in [1.29, 1.82) is 0 Å². The highest BCUT2D eigenvalue weighted by Crippen LogP contribution is 2.48. The molecule has 0 amide bonds. The van der Waals surface area contributed by atoms with E-state index in [9.17, 15) is 4.79 Å². The predicted octanol–water partition coefficient (Wildman–Crippen LogP) is 6.42. The van der Waals surface area contributed by atoms with Crippen molar-refractivity contribution in [3.63, 3.8) is 0 Å². The molecule has 0 radical (unpaired) electrons. The van der Waals surface area contributed by atoms with Crippen LogP contribution in [0.5, 0.6) is 11.5 Å². The van der Waals surface area contributed by atoms with Crippen molar-refractivity contribution in [3.8, 4) is 22.6 Å². The molecule has 1 heterocycles. The van der Waals surface area contributed by atoms with Gasteiger partial charge in [0.2, 0.25) is 0 Å². The van der Waals surface area contributed by atoms with Crippen LogP contribution in [0.2, 0.25) is 0 Å². The SMILES string of the molecule is CCOCCOc1cc(C)c2c(c1)COc1ccc(CCc3ccc([C@H]4C[C@@H]4C(=O)OCC)cc3)cc1-2. The Hall–Kier alpha value is -3.31. The molecule has 2 atom stereocenters. The lowest BCUT2D eigenvalue weighted by Crippen LogP contribution is -2.10. The molecule has 0 saturated heterocycles. The molecular weight excluding hydrogens is 464 g/mol. The van der Waals surface area contributed by atoms with Crippen LogP contribution in [0.1, 0.15) is 54.0 Å². The van der Waals surface area contributed by atoms with E-state index in [0.29, 0.717) is 39.0 Å². The highest BCUT2D eigenvalue weighted by Gasteiger charge is 2.45. The lowest BCUT2D eigenvalue weighted by Gasteiger charge is -2.24. The van der Waals surface area contributed by atoms with Crippen molar-refractivity contribution in [2.75, 3.05) is 26.4 Å². The van der Waals surface area contributed by atoms with Crippen molar-refractivity contribution in [2.24, 2.45) is 5.92 Å². The van der Waals surface area contributed by atoms with Gasteiger partial charge in [0.1, 0.15) is 24.7 Å². The number of ether oxygens (including phenoxy) is 4. The number of fused-ring (bicyclic) bond motifs is 3. The Bertz CT molecular complexity index is 1250. The van der Waals surface area contributed by atoms with Crippen molar-refractivity contribution >= 4 is 5.97 Å². The first-order valence-corrected chi connectivity index (χ1v) is 13.4. The van der Waals surface area contributed by atoms with Gasteiger partial charge in [-0.25, -0.2) is 0 Å². The number of rotatable bonds is 11. The Balaban J connectivity index is 1.24. The summed E-state index contributed by atoms with van der Waals surface area (Å²) in [5, 5.41) is 0. The Labute approximate surface area is 219 Å². The summed E-state index contributed by atoms with van der Waals surface area (Å²) in [6.45, 7) is 8.82. The van der Waals surface area contributed by atoms with E-state index >= 15 is 0 Å². The van der Waals surface area contributed by atoms with E-state index in [4.69, 9.17) is 18.9 Å². The van der Waals surface area contributed by atoms with Gasteiger partial charge in [-0.1, -0.05) is 30.3 Å². The molecule has 1 aliphatic heterocycles. The Morgan fingerprint density at radius 3 is 2.51 bits per heavy atom. The van der Waals surface area contributed by atoms with Gasteiger partial charge in [-0.2, -0.15) is 0 Å². The number of benzene rings is 3. The Kier molecular flexibility index (Phi) is 7.80. The van der Waals surface area contributed by atoms with Gasteiger partial charge in [0.05, 0.1) is 19.1 Å². The molecule has 1 fully saturated rings. The molecular formula is C32H36O5. The zero-order chi connectivity index (χ0) is 25.8. The van der Waals surface area contributed by atoms with E-state index in [1.54, 1.807) is 0 Å². The normalized spacial score (nSPS) is 17.4. The van der Waals surface area contributed by atoms with Crippen LogP contribution in [0.15, 0.2) is 54.6 Å². The monoisotopic (exact) mass is 500 g/mol. The molecule has 5 rings (SSSR count). The van der Waals surface area contributed by atoms with E-state index in [1.165, 1.54) is 27.8 Å². The predicted molar refractivity (Wildman–Crippen MR) is 144 cm³/mol. The molecule has 0 N–H and O–H groups in total. The maximum absolute atomic E-state index is 12.0.